The molecule has 2 heterocycles. The molecule has 0 atom stereocenters. The number of nitrogens with zero attached hydrogens (tertiary/aromatic N) is 3. The van der Waals surface area contributed by atoms with Crippen molar-refractivity contribution in [2.45, 2.75) is 19.6 Å². The number of nitrogens with one attached hydrogen (secondary N) is 1. The fourth-order valence-electron chi connectivity index (χ4n) is 3.15. The Hall–Kier alpha value is -3.65. The largest absolute Gasteiger partial charge is 0.487 e. The van der Waals surface area contributed by atoms with Gasteiger partial charge in [-0.25, -0.2) is 4.98 Å². The van der Waals surface area contributed by atoms with Crippen molar-refractivity contribution in [2.75, 3.05) is 6.54 Å². The molecule has 2 aromatic heterocycles. The number of hydrogen-bond acceptors (Lipinski definition) is 5. The molecule has 8 nitrogen and oxygen atoms in total. The molecule has 2 aromatic carbocycles. The van der Waals surface area contributed by atoms with E-state index < -0.39 is 5.91 Å². The van der Waals surface area contributed by atoms with Crippen molar-refractivity contribution in [3.05, 3.63) is 66.0 Å². The molecule has 29 heavy (non-hydrogen) atoms. The molecule has 0 fully saturated rings. The van der Waals surface area contributed by atoms with Crippen molar-refractivity contribution >= 4 is 16.8 Å². The van der Waals surface area contributed by atoms with Crippen molar-refractivity contribution in [3.63, 3.8) is 0 Å². The number of aromatic amines is 1. The van der Waals surface area contributed by atoms with Crippen LogP contribution in [0.2, 0.25) is 0 Å². The maximum Gasteiger partial charge on any atom is 0.248 e. The van der Waals surface area contributed by atoms with E-state index >= 15 is 0 Å². The van der Waals surface area contributed by atoms with Crippen molar-refractivity contribution in [1.29, 1.82) is 0 Å². The van der Waals surface area contributed by atoms with Crippen LogP contribution in [0.3, 0.4) is 0 Å². The molecular weight excluding hydrogens is 368 g/mol. The summed E-state index contributed by atoms with van der Waals surface area (Å²) in [6, 6.07) is 14.9. The van der Waals surface area contributed by atoms with Crippen LogP contribution in [0.5, 0.6) is 5.75 Å². The number of benzene rings is 2. The number of amides is 1. The second-order valence-electron chi connectivity index (χ2n) is 6.67. The molecule has 0 aliphatic heterocycles. The topological polar surface area (TPSA) is 125 Å². The summed E-state index contributed by atoms with van der Waals surface area (Å²) in [4.78, 5) is 19.4. The van der Waals surface area contributed by atoms with Gasteiger partial charge in [0, 0.05) is 17.5 Å². The number of imidazole rings is 1. The summed E-state index contributed by atoms with van der Waals surface area (Å²) in [5, 5.41) is 5.51. The van der Waals surface area contributed by atoms with Gasteiger partial charge >= 0.3 is 0 Å². The number of hydrogen-bond donors (Lipinski definition) is 3. The molecule has 8 heteroatoms. The minimum absolute atomic E-state index is 0.357. The number of nitrogens with two attached hydrogens (primary N) is 2. The number of fused-ring (bicyclic) bond motifs is 1. The molecule has 1 amide bonds. The van der Waals surface area contributed by atoms with Crippen LogP contribution in [0, 0.1) is 0 Å². The van der Waals surface area contributed by atoms with E-state index in [1.807, 2.05) is 41.1 Å². The normalized spacial score (nSPS) is 11.1. The molecule has 148 valence electrons. The Balaban J connectivity index is 1.66. The summed E-state index contributed by atoms with van der Waals surface area (Å²) in [6.07, 6.45) is 2.52. The molecule has 0 aliphatic rings. The minimum atomic E-state index is -0.482. The van der Waals surface area contributed by atoms with Gasteiger partial charge in [0.1, 0.15) is 18.1 Å². The van der Waals surface area contributed by atoms with Crippen LogP contribution in [-0.4, -0.2) is 32.2 Å². The second-order valence-corrected chi connectivity index (χ2v) is 6.67. The zero-order valence-electron chi connectivity index (χ0n) is 15.8. The number of carbonyl (C=O) groups is 1. The summed E-state index contributed by atoms with van der Waals surface area (Å²) < 4.78 is 7.65. The second kappa shape index (κ2) is 8.15. The molecule has 0 aliphatic carbocycles. The predicted octanol–water partition coefficient (Wildman–Crippen LogP) is 2.45. The van der Waals surface area contributed by atoms with E-state index in [0.29, 0.717) is 36.8 Å². The standard InChI is InChI=1S/C21H22N6O2/c22-9-4-10-27-18-8-7-14(20(23)28)11-17(18)19(26-27)21-24-12-15(25-21)13-29-16-5-2-1-3-6-16/h1-3,5-8,11-12H,4,9-10,13,22H2,(H2,23,28)(H,24,25). The molecule has 5 N–H and O–H groups in total. The Morgan fingerprint density at radius 3 is 2.76 bits per heavy atom. The van der Waals surface area contributed by atoms with Gasteiger partial charge in [-0.2, -0.15) is 5.10 Å². The maximum absolute atomic E-state index is 11.6. The van der Waals surface area contributed by atoms with Crippen LogP contribution in [0.15, 0.2) is 54.7 Å². The summed E-state index contributed by atoms with van der Waals surface area (Å²) in [6.45, 7) is 1.60. The number of H-pyrrole nitrogens is 1. The molecule has 0 unspecified atom stereocenters. The molecule has 4 aromatic rings. The third-order valence-electron chi connectivity index (χ3n) is 4.60. The van der Waals surface area contributed by atoms with E-state index in [0.717, 1.165) is 28.8 Å². The number of primary amides is 1. The van der Waals surface area contributed by atoms with Crippen molar-refractivity contribution in [3.8, 4) is 17.3 Å². The smallest absolute Gasteiger partial charge is 0.248 e. The highest BCUT2D eigenvalue weighted by Crippen LogP contribution is 2.27. The molecule has 0 radical (unpaired) electrons. The van der Waals surface area contributed by atoms with Gasteiger partial charge in [-0.05, 0) is 43.3 Å². The number of aromatic nitrogens is 4. The van der Waals surface area contributed by atoms with Gasteiger partial charge in [-0.3, -0.25) is 9.48 Å². The number of rotatable bonds is 8. The van der Waals surface area contributed by atoms with E-state index in [1.165, 1.54) is 0 Å². The summed E-state index contributed by atoms with van der Waals surface area (Å²) >= 11 is 0. The first-order valence-electron chi connectivity index (χ1n) is 9.38. The quantitative estimate of drug-likeness (QED) is 0.426. The average Bonchev–Trinajstić information content (AvgIpc) is 3.35. The zero-order chi connectivity index (χ0) is 20.2. The molecule has 0 saturated heterocycles. The highest BCUT2D eigenvalue weighted by Gasteiger charge is 2.17. The van der Waals surface area contributed by atoms with Gasteiger partial charge in [0.25, 0.3) is 0 Å². The highest BCUT2D eigenvalue weighted by molar-refractivity contribution is 6.00. The Morgan fingerprint density at radius 1 is 1.17 bits per heavy atom. The van der Waals surface area contributed by atoms with Crippen LogP contribution in [0.4, 0.5) is 0 Å². The van der Waals surface area contributed by atoms with Gasteiger partial charge in [0.05, 0.1) is 17.4 Å². The zero-order valence-corrected chi connectivity index (χ0v) is 15.8. The third-order valence-corrected chi connectivity index (χ3v) is 4.60. The SMILES string of the molecule is NCCCn1nc(-c2ncc(COc3ccccc3)[nH]2)c2cc(C(N)=O)ccc21. The minimum Gasteiger partial charge on any atom is -0.487 e. The molecule has 4 rings (SSSR count). The fourth-order valence-corrected chi connectivity index (χ4v) is 3.15. The average molecular weight is 390 g/mol. The Kier molecular flexibility index (Phi) is 5.26. The van der Waals surface area contributed by atoms with Crippen LogP contribution < -0.4 is 16.2 Å². The summed E-state index contributed by atoms with van der Waals surface area (Å²) in [5.41, 5.74) is 13.9. The Morgan fingerprint density at radius 2 is 2.00 bits per heavy atom. The van der Waals surface area contributed by atoms with Crippen LogP contribution in [0.1, 0.15) is 22.5 Å². The molecule has 0 saturated carbocycles. The first kappa shape index (κ1) is 18.7. The van der Waals surface area contributed by atoms with Crippen LogP contribution in [0.25, 0.3) is 22.4 Å². The maximum atomic E-state index is 11.6. The van der Waals surface area contributed by atoms with E-state index in [9.17, 15) is 4.79 Å². The first-order valence-corrected chi connectivity index (χ1v) is 9.38. The van der Waals surface area contributed by atoms with E-state index in [1.54, 1.807) is 18.3 Å². The Labute approximate surface area is 167 Å². The monoisotopic (exact) mass is 390 g/mol. The first-order chi connectivity index (χ1) is 14.2. The molecular formula is C21H22N6O2. The number of para-hydroxylation sites is 1. The lowest BCUT2D eigenvalue weighted by Crippen LogP contribution is -2.10. The summed E-state index contributed by atoms with van der Waals surface area (Å²) in [7, 11) is 0. The van der Waals surface area contributed by atoms with Crippen LogP contribution in [-0.2, 0) is 13.2 Å². The van der Waals surface area contributed by atoms with E-state index in [2.05, 4.69) is 9.97 Å². The lowest BCUT2D eigenvalue weighted by molar-refractivity contribution is 0.100. The van der Waals surface area contributed by atoms with Gasteiger partial charge in [0.2, 0.25) is 5.91 Å². The molecule has 0 bridgehead atoms. The lowest BCUT2D eigenvalue weighted by atomic mass is 10.1. The predicted molar refractivity (Wildman–Crippen MR) is 110 cm³/mol. The van der Waals surface area contributed by atoms with Crippen molar-refractivity contribution in [2.24, 2.45) is 11.5 Å². The van der Waals surface area contributed by atoms with E-state index in [4.69, 9.17) is 21.3 Å². The number of aryl methyl sites for hydroxylation is 1. The van der Waals surface area contributed by atoms with Crippen molar-refractivity contribution < 1.29 is 9.53 Å². The Bertz CT molecular complexity index is 1130. The molecule has 0 spiro atoms. The van der Waals surface area contributed by atoms with Crippen molar-refractivity contribution in [1.82, 2.24) is 19.7 Å². The van der Waals surface area contributed by atoms with Crippen LogP contribution >= 0.6 is 0 Å². The van der Waals surface area contributed by atoms with Gasteiger partial charge in [0.15, 0.2) is 5.82 Å². The van der Waals surface area contributed by atoms with Gasteiger partial charge in [-0.1, -0.05) is 18.2 Å². The van der Waals surface area contributed by atoms with Gasteiger partial charge in [-0.15, -0.1) is 0 Å². The number of carbonyl (C=O) groups excluding carboxylic acids is 1. The summed E-state index contributed by atoms with van der Waals surface area (Å²) in [5.74, 6) is 0.907. The highest BCUT2D eigenvalue weighted by atomic mass is 16.5. The fraction of sp³-hybridized carbons (Fsp3) is 0.190. The van der Waals surface area contributed by atoms with Gasteiger partial charge < -0.3 is 21.2 Å². The van der Waals surface area contributed by atoms with E-state index in [-0.39, 0.29) is 0 Å². The third kappa shape index (κ3) is 3.97. The lowest BCUT2D eigenvalue weighted by Gasteiger charge is -2.03. The number of ether oxygens (including phenoxy) is 1.